The fourth-order valence-electron chi connectivity index (χ4n) is 2.33. The van der Waals surface area contributed by atoms with Crippen molar-refractivity contribution in [3.05, 3.63) is 56.9 Å². The minimum absolute atomic E-state index is 0.0639. The molecule has 6 nitrogen and oxygen atoms in total. The van der Waals surface area contributed by atoms with Crippen LogP contribution >= 0.6 is 0 Å². The molecule has 0 saturated heterocycles. The van der Waals surface area contributed by atoms with E-state index >= 15 is 0 Å². The van der Waals surface area contributed by atoms with Gasteiger partial charge in [0.15, 0.2) is 5.78 Å². The van der Waals surface area contributed by atoms with Crippen LogP contribution in [0.4, 0.5) is 5.69 Å². The lowest BCUT2D eigenvalue weighted by molar-refractivity contribution is -0.384. The lowest BCUT2D eigenvalue weighted by Gasteiger charge is -2.05. The molecular formula is C15H17N3O3. The Labute approximate surface area is 122 Å². The van der Waals surface area contributed by atoms with Crippen LogP contribution in [0.2, 0.25) is 0 Å². The Morgan fingerprint density at radius 3 is 2.43 bits per heavy atom. The maximum atomic E-state index is 11.9. The Morgan fingerprint density at radius 1 is 1.29 bits per heavy atom. The van der Waals surface area contributed by atoms with Gasteiger partial charge in [0.05, 0.1) is 22.7 Å². The Bertz CT molecular complexity index is 687. The van der Waals surface area contributed by atoms with Crippen LogP contribution in [0.5, 0.6) is 0 Å². The largest absolute Gasteiger partial charge is 0.294 e. The summed E-state index contributed by atoms with van der Waals surface area (Å²) in [6.45, 7) is 6.01. The fraction of sp³-hybridized carbons (Fsp3) is 0.333. The van der Waals surface area contributed by atoms with Crippen molar-refractivity contribution in [2.45, 2.75) is 33.7 Å². The van der Waals surface area contributed by atoms with E-state index in [4.69, 9.17) is 0 Å². The summed E-state index contributed by atoms with van der Waals surface area (Å²) < 4.78 is 1.76. The number of benzene rings is 1. The van der Waals surface area contributed by atoms with Crippen molar-refractivity contribution in [2.24, 2.45) is 0 Å². The number of carbonyl (C=O) groups excluding carboxylic acids is 1. The SMILES string of the molecule is CCC(=O)c1c(C)nn(Cc2ccc([N+](=O)[O-])cc2)c1C. The van der Waals surface area contributed by atoms with Gasteiger partial charge < -0.3 is 0 Å². The van der Waals surface area contributed by atoms with E-state index in [0.29, 0.717) is 18.5 Å². The van der Waals surface area contributed by atoms with Crippen LogP contribution < -0.4 is 0 Å². The molecule has 2 aromatic rings. The Hall–Kier alpha value is -2.50. The third-order valence-corrected chi connectivity index (χ3v) is 3.46. The number of nitrogens with zero attached hydrogens (tertiary/aromatic N) is 3. The number of hydrogen-bond donors (Lipinski definition) is 0. The van der Waals surface area contributed by atoms with E-state index in [-0.39, 0.29) is 11.5 Å². The Balaban J connectivity index is 2.28. The summed E-state index contributed by atoms with van der Waals surface area (Å²) in [6.07, 6.45) is 0.449. The number of hydrogen-bond acceptors (Lipinski definition) is 4. The van der Waals surface area contributed by atoms with E-state index in [2.05, 4.69) is 5.10 Å². The van der Waals surface area contributed by atoms with Crippen LogP contribution in [-0.4, -0.2) is 20.5 Å². The molecule has 1 aromatic carbocycles. The smallest absolute Gasteiger partial charge is 0.269 e. The molecule has 0 spiro atoms. The first kappa shape index (κ1) is 14.9. The van der Waals surface area contributed by atoms with E-state index in [0.717, 1.165) is 17.0 Å². The highest BCUT2D eigenvalue weighted by Gasteiger charge is 2.17. The highest BCUT2D eigenvalue weighted by molar-refractivity contribution is 5.97. The van der Waals surface area contributed by atoms with Crippen molar-refractivity contribution in [1.82, 2.24) is 9.78 Å². The zero-order valence-corrected chi connectivity index (χ0v) is 12.3. The molecule has 0 aliphatic rings. The first-order valence-corrected chi connectivity index (χ1v) is 6.74. The van der Waals surface area contributed by atoms with Gasteiger partial charge in [-0.25, -0.2) is 0 Å². The Kier molecular flexibility index (Phi) is 4.16. The molecule has 0 amide bonds. The number of nitro benzene ring substituents is 1. The molecule has 1 heterocycles. The number of ketones is 1. The molecule has 0 radical (unpaired) electrons. The highest BCUT2D eigenvalue weighted by Crippen LogP contribution is 2.18. The van der Waals surface area contributed by atoms with Crippen LogP contribution in [0.15, 0.2) is 24.3 Å². The third-order valence-electron chi connectivity index (χ3n) is 3.46. The molecule has 0 N–H and O–H groups in total. The fourth-order valence-corrected chi connectivity index (χ4v) is 2.33. The molecule has 21 heavy (non-hydrogen) atoms. The van der Waals surface area contributed by atoms with Crippen molar-refractivity contribution >= 4 is 11.5 Å². The first-order valence-electron chi connectivity index (χ1n) is 6.74. The predicted molar refractivity (Wildman–Crippen MR) is 78.5 cm³/mol. The van der Waals surface area contributed by atoms with Crippen LogP contribution in [0.1, 0.15) is 40.7 Å². The number of aryl methyl sites for hydroxylation is 1. The number of aromatic nitrogens is 2. The molecule has 2 rings (SSSR count). The van der Waals surface area contributed by atoms with Crippen molar-refractivity contribution in [1.29, 1.82) is 0 Å². The molecule has 0 bridgehead atoms. The average molecular weight is 287 g/mol. The zero-order chi connectivity index (χ0) is 15.6. The standard InChI is InChI=1S/C15H17N3O3/c1-4-14(19)15-10(2)16-17(11(15)3)9-12-5-7-13(8-6-12)18(20)21/h5-8H,4,9H2,1-3H3. The molecule has 0 unspecified atom stereocenters. The normalized spacial score (nSPS) is 10.6. The van der Waals surface area contributed by atoms with Crippen molar-refractivity contribution < 1.29 is 9.72 Å². The third kappa shape index (κ3) is 2.99. The summed E-state index contributed by atoms with van der Waals surface area (Å²) in [7, 11) is 0. The highest BCUT2D eigenvalue weighted by atomic mass is 16.6. The number of carbonyl (C=O) groups is 1. The zero-order valence-electron chi connectivity index (χ0n) is 12.3. The second-order valence-corrected chi connectivity index (χ2v) is 4.90. The first-order chi connectivity index (χ1) is 9.93. The van der Waals surface area contributed by atoms with Gasteiger partial charge in [-0.05, 0) is 19.4 Å². The molecule has 110 valence electrons. The van der Waals surface area contributed by atoms with Gasteiger partial charge in [0.25, 0.3) is 5.69 Å². The van der Waals surface area contributed by atoms with Gasteiger partial charge >= 0.3 is 0 Å². The van der Waals surface area contributed by atoms with Gasteiger partial charge in [0, 0.05) is 24.2 Å². The summed E-state index contributed by atoms with van der Waals surface area (Å²) in [6, 6.07) is 6.35. The molecule has 0 saturated carbocycles. The van der Waals surface area contributed by atoms with Gasteiger partial charge in [0.1, 0.15) is 0 Å². The molecule has 0 atom stereocenters. The van der Waals surface area contributed by atoms with Gasteiger partial charge in [-0.2, -0.15) is 5.10 Å². The molecule has 0 aliphatic carbocycles. The number of Topliss-reactive ketones (excluding diaryl/α,β-unsaturated/α-hetero) is 1. The van der Waals surface area contributed by atoms with Gasteiger partial charge in [-0.1, -0.05) is 19.1 Å². The number of nitro groups is 1. The summed E-state index contributed by atoms with van der Waals surface area (Å²) in [4.78, 5) is 22.1. The molecule has 1 aromatic heterocycles. The summed E-state index contributed by atoms with van der Waals surface area (Å²) in [5, 5.41) is 15.0. The second kappa shape index (κ2) is 5.87. The quantitative estimate of drug-likeness (QED) is 0.481. The van der Waals surface area contributed by atoms with Crippen LogP contribution in [0.3, 0.4) is 0 Å². The minimum Gasteiger partial charge on any atom is -0.294 e. The molecule has 0 fully saturated rings. The van der Waals surface area contributed by atoms with Gasteiger partial charge in [-0.3, -0.25) is 19.6 Å². The lowest BCUT2D eigenvalue weighted by Crippen LogP contribution is -2.06. The van der Waals surface area contributed by atoms with E-state index in [1.165, 1.54) is 12.1 Å². The molecule has 0 aliphatic heterocycles. The van der Waals surface area contributed by atoms with Crippen molar-refractivity contribution in [2.75, 3.05) is 0 Å². The monoisotopic (exact) mass is 287 g/mol. The van der Waals surface area contributed by atoms with Crippen LogP contribution in [-0.2, 0) is 6.54 Å². The van der Waals surface area contributed by atoms with Crippen LogP contribution in [0.25, 0.3) is 0 Å². The van der Waals surface area contributed by atoms with Crippen molar-refractivity contribution in [3.8, 4) is 0 Å². The maximum Gasteiger partial charge on any atom is 0.269 e. The summed E-state index contributed by atoms with van der Waals surface area (Å²) in [5.74, 6) is 0.0833. The number of non-ortho nitro benzene ring substituents is 1. The van der Waals surface area contributed by atoms with Crippen LogP contribution in [0, 0.1) is 24.0 Å². The topological polar surface area (TPSA) is 78.0 Å². The number of rotatable bonds is 5. The molecular weight excluding hydrogens is 270 g/mol. The predicted octanol–water partition coefficient (Wildman–Crippen LogP) is 3.05. The Morgan fingerprint density at radius 2 is 1.90 bits per heavy atom. The van der Waals surface area contributed by atoms with Crippen molar-refractivity contribution in [3.63, 3.8) is 0 Å². The van der Waals surface area contributed by atoms with E-state index in [9.17, 15) is 14.9 Å². The average Bonchev–Trinajstić information content (AvgIpc) is 2.73. The van der Waals surface area contributed by atoms with Gasteiger partial charge in [0.2, 0.25) is 0 Å². The lowest BCUT2D eigenvalue weighted by atomic mass is 10.1. The minimum atomic E-state index is -0.425. The summed E-state index contributed by atoms with van der Waals surface area (Å²) in [5.41, 5.74) is 3.20. The van der Waals surface area contributed by atoms with Gasteiger partial charge in [-0.15, -0.1) is 0 Å². The van der Waals surface area contributed by atoms with E-state index in [1.807, 2.05) is 20.8 Å². The second-order valence-electron chi connectivity index (χ2n) is 4.90. The molecule has 6 heteroatoms. The summed E-state index contributed by atoms with van der Waals surface area (Å²) >= 11 is 0. The maximum absolute atomic E-state index is 11.9. The van der Waals surface area contributed by atoms with E-state index in [1.54, 1.807) is 16.8 Å². The van der Waals surface area contributed by atoms with E-state index < -0.39 is 4.92 Å².